The molecule has 0 aliphatic rings. The number of amides is 1. The van der Waals surface area contributed by atoms with Crippen LogP contribution < -0.4 is 11.1 Å². The van der Waals surface area contributed by atoms with Gasteiger partial charge in [0.05, 0.1) is 33.9 Å². The molecule has 0 aliphatic carbocycles. The van der Waals surface area contributed by atoms with Crippen molar-refractivity contribution < 1.29 is 9.18 Å². The van der Waals surface area contributed by atoms with Gasteiger partial charge in [0.2, 0.25) is 0 Å². The molecule has 0 atom stereocenters. The van der Waals surface area contributed by atoms with Crippen molar-refractivity contribution in [3.8, 4) is 0 Å². The first-order chi connectivity index (χ1) is 9.38. The highest BCUT2D eigenvalue weighted by Crippen LogP contribution is 2.32. The summed E-state index contributed by atoms with van der Waals surface area (Å²) in [6.45, 7) is 1.69. The predicted molar refractivity (Wildman–Crippen MR) is 80.4 cm³/mol. The molecule has 0 saturated heterocycles. The number of nitrogens with two attached hydrogens (primary N) is 1. The number of nitrogen functional groups attached to an aromatic ring is 1. The molecule has 3 N–H and O–H groups in total. The Kier molecular flexibility index (Phi) is 4.25. The lowest BCUT2D eigenvalue weighted by Gasteiger charge is -2.11. The summed E-state index contributed by atoms with van der Waals surface area (Å²) in [5.74, 6) is -0.918. The van der Waals surface area contributed by atoms with Gasteiger partial charge < -0.3 is 11.1 Å². The van der Waals surface area contributed by atoms with Crippen molar-refractivity contribution in [3.05, 3.63) is 51.0 Å². The first-order valence-electron chi connectivity index (χ1n) is 5.56. The Labute approximate surface area is 128 Å². The van der Waals surface area contributed by atoms with Crippen LogP contribution in [0.1, 0.15) is 16.1 Å². The molecule has 1 amide bonds. The molecule has 0 unspecified atom stereocenters. The molecule has 1 aromatic heterocycles. The summed E-state index contributed by atoms with van der Waals surface area (Å²) in [5, 5.41) is 2.71. The van der Waals surface area contributed by atoms with Crippen molar-refractivity contribution in [3.63, 3.8) is 0 Å². The van der Waals surface area contributed by atoms with Gasteiger partial charge in [0.15, 0.2) is 0 Å². The van der Waals surface area contributed by atoms with Crippen molar-refractivity contribution in [2.24, 2.45) is 0 Å². The molecule has 20 heavy (non-hydrogen) atoms. The summed E-state index contributed by atoms with van der Waals surface area (Å²) in [7, 11) is 0. The van der Waals surface area contributed by atoms with Crippen LogP contribution in [-0.4, -0.2) is 10.9 Å². The van der Waals surface area contributed by atoms with Crippen LogP contribution >= 0.6 is 27.5 Å². The Bertz CT molecular complexity index is 670. The SMILES string of the molecule is Cc1ncc(N)cc1C(=O)Nc1c(Cl)cc(F)cc1Br. The van der Waals surface area contributed by atoms with Gasteiger partial charge in [0.25, 0.3) is 5.91 Å². The third-order valence-corrected chi connectivity index (χ3v) is 3.52. The molecule has 0 fully saturated rings. The van der Waals surface area contributed by atoms with Crippen molar-refractivity contribution in [1.82, 2.24) is 4.98 Å². The molecule has 2 aromatic rings. The van der Waals surface area contributed by atoms with Crippen LogP contribution in [0.15, 0.2) is 28.9 Å². The number of benzene rings is 1. The highest BCUT2D eigenvalue weighted by molar-refractivity contribution is 9.10. The fraction of sp³-hybridized carbons (Fsp3) is 0.0769. The van der Waals surface area contributed by atoms with E-state index in [1.165, 1.54) is 18.3 Å². The van der Waals surface area contributed by atoms with E-state index in [-0.39, 0.29) is 5.02 Å². The number of halogens is 3. The third-order valence-electron chi connectivity index (χ3n) is 2.60. The van der Waals surface area contributed by atoms with E-state index in [9.17, 15) is 9.18 Å². The van der Waals surface area contributed by atoms with Gasteiger partial charge in [-0.3, -0.25) is 9.78 Å². The number of anilines is 2. The van der Waals surface area contributed by atoms with Gasteiger partial charge in [-0.25, -0.2) is 4.39 Å². The number of aryl methyl sites for hydroxylation is 1. The number of nitrogens with one attached hydrogen (secondary N) is 1. The number of aromatic nitrogens is 1. The van der Waals surface area contributed by atoms with E-state index in [1.54, 1.807) is 6.92 Å². The van der Waals surface area contributed by atoms with E-state index in [1.807, 2.05) is 0 Å². The van der Waals surface area contributed by atoms with Crippen LogP contribution in [0.2, 0.25) is 5.02 Å². The summed E-state index contributed by atoms with van der Waals surface area (Å²) >= 11 is 9.06. The van der Waals surface area contributed by atoms with E-state index < -0.39 is 11.7 Å². The number of pyridine rings is 1. The van der Waals surface area contributed by atoms with Crippen molar-refractivity contribution >= 4 is 44.8 Å². The number of hydrogen-bond acceptors (Lipinski definition) is 3. The fourth-order valence-electron chi connectivity index (χ4n) is 1.62. The Balaban J connectivity index is 2.35. The summed E-state index contributed by atoms with van der Waals surface area (Å²) in [6.07, 6.45) is 1.47. The van der Waals surface area contributed by atoms with Gasteiger partial charge in [-0.15, -0.1) is 0 Å². The van der Waals surface area contributed by atoms with Crippen LogP contribution in [0, 0.1) is 12.7 Å². The summed E-state index contributed by atoms with van der Waals surface area (Å²) in [4.78, 5) is 16.2. The maximum absolute atomic E-state index is 13.1. The van der Waals surface area contributed by atoms with Gasteiger partial charge in [-0.1, -0.05) is 11.6 Å². The highest BCUT2D eigenvalue weighted by atomic mass is 79.9. The molecule has 1 aromatic carbocycles. The number of carbonyl (C=O) groups is 1. The second kappa shape index (κ2) is 5.76. The molecule has 0 bridgehead atoms. The predicted octanol–water partition coefficient (Wildman–Crippen LogP) is 3.78. The van der Waals surface area contributed by atoms with Crippen LogP contribution in [0.4, 0.5) is 15.8 Å². The molecule has 1 heterocycles. The molecular weight excluding hydrogens is 349 g/mol. The van der Waals surface area contributed by atoms with Crippen LogP contribution in [-0.2, 0) is 0 Å². The first kappa shape index (κ1) is 14.7. The average molecular weight is 359 g/mol. The number of hydrogen-bond donors (Lipinski definition) is 2. The lowest BCUT2D eigenvalue weighted by Crippen LogP contribution is -2.15. The minimum absolute atomic E-state index is 0.0970. The lowest BCUT2D eigenvalue weighted by atomic mass is 10.1. The molecule has 104 valence electrons. The topological polar surface area (TPSA) is 68.0 Å². The Morgan fingerprint density at radius 3 is 2.80 bits per heavy atom. The normalized spacial score (nSPS) is 10.4. The van der Waals surface area contributed by atoms with Crippen molar-refractivity contribution in [1.29, 1.82) is 0 Å². The lowest BCUT2D eigenvalue weighted by molar-refractivity contribution is 0.102. The smallest absolute Gasteiger partial charge is 0.257 e. The summed E-state index contributed by atoms with van der Waals surface area (Å²) in [5.41, 5.74) is 7.15. The Morgan fingerprint density at radius 1 is 1.45 bits per heavy atom. The van der Waals surface area contributed by atoms with E-state index in [2.05, 4.69) is 26.2 Å². The van der Waals surface area contributed by atoms with Gasteiger partial charge >= 0.3 is 0 Å². The Hall–Kier alpha value is -1.66. The molecular formula is C13H10BrClFN3O. The molecule has 0 aliphatic heterocycles. The number of carbonyl (C=O) groups excluding carboxylic acids is 1. The molecule has 7 heteroatoms. The van der Waals surface area contributed by atoms with Crippen LogP contribution in [0.3, 0.4) is 0 Å². The summed E-state index contributed by atoms with van der Waals surface area (Å²) < 4.78 is 13.5. The summed E-state index contributed by atoms with van der Waals surface area (Å²) in [6, 6.07) is 3.85. The van der Waals surface area contributed by atoms with Crippen LogP contribution in [0.5, 0.6) is 0 Å². The minimum Gasteiger partial charge on any atom is -0.397 e. The zero-order chi connectivity index (χ0) is 14.9. The van der Waals surface area contributed by atoms with E-state index in [0.29, 0.717) is 27.1 Å². The van der Waals surface area contributed by atoms with Crippen molar-refractivity contribution in [2.75, 3.05) is 11.1 Å². The van der Waals surface area contributed by atoms with Gasteiger partial charge in [0.1, 0.15) is 5.82 Å². The largest absolute Gasteiger partial charge is 0.397 e. The van der Waals surface area contributed by atoms with Gasteiger partial charge in [-0.2, -0.15) is 0 Å². The van der Waals surface area contributed by atoms with E-state index in [4.69, 9.17) is 17.3 Å². The molecule has 0 radical (unpaired) electrons. The zero-order valence-corrected chi connectivity index (χ0v) is 12.7. The second-order valence-corrected chi connectivity index (χ2v) is 5.36. The van der Waals surface area contributed by atoms with Crippen LogP contribution in [0.25, 0.3) is 0 Å². The average Bonchev–Trinajstić information content (AvgIpc) is 2.36. The minimum atomic E-state index is -0.498. The maximum atomic E-state index is 13.1. The molecule has 2 rings (SSSR count). The molecule has 0 spiro atoms. The number of nitrogens with zero attached hydrogens (tertiary/aromatic N) is 1. The molecule has 4 nitrogen and oxygen atoms in total. The standard InChI is InChI=1S/C13H10BrClFN3O/c1-6-9(4-8(17)5-18-6)13(20)19-12-10(14)2-7(16)3-11(12)15/h2-5H,17H2,1H3,(H,19,20). The fourth-order valence-corrected chi connectivity index (χ4v) is 2.52. The molecule has 0 saturated carbocycles. The Morgan fingerprint density at radius 2 is 2.15 bits per heavy atom. The highest BCUT2D eigenvalue weighted by Gasteiger charge is 2.15. The maximum Gasteiger partial charge on any atom is 0.257 e. The van der Waals surface area contributed by atoms with Gasteiger partial charge in [0, 0.05) is 4.47 Å². The van der Waals surface area contributed by atoms with E-state index in [0.717, 1.165) is 6.07 Å². The van der Waals surface area contributed by atoms with Crippen molar-refractivity contribution in [2.45, 2.75) is 6.92 Å². The van der Waals surface area contributed by atoms with E-state index >= 15 is 0 Å². The quantitative estimate of drug-likeness (QED) is 0.858. The van der Waals surface area contributed by atoms with Gasteiger partial charge in [-0.05, 0) is 41.1 Å². The second-order valence-electron chi connectivity index (χ2n) is 4.10. The monoisotopic (exact) mass is 357 g/mol. The first-order valence-corrected chi connectivity index (χ1v) is 6.73. The number of rotatable bonds is 2. The third kappa shape index (κ3) is 3.08. The zero-order valence-electron chi connectivity index (χ0n) is 10.4.